The summed E-state index contributed by atoms with van der Waals surface area (Å²) in [6.07, 6.45) is -0.690. The summed E-state index contributed by atoms with van der Waals surface area (Å²) in [4.78, 5) is 0.225. The third-order valence-electron chi connectivity index (χ3n) is 1.87. The second kappa shape index (κ2) is 4.74. The maximum Gasteiger partial charge on any atom is 0.240 e. The highest BCUT2D eigenvalue weighted by Gasteiger charge is 2.13. The molecule has 0 spiro atoms. The molecule has 5 heteroatoms. The van der Waals surface area contributed by atoms with Crippen LogP contribution in [0.4, 0.5) is 0 Å². The first-order chi connectivity index (χ1) is 6.92. The van der Waals surface area contributed by atoms with Gasteiger partial charge in [0.15, 0.2) is 0 Å². The van der Waals surface area contributed by atoms with Crippen molar-refractivity contribution in [2.45, 2.75) is 24.8 Å². The molecule has 2 N–H and O–H groups in total. The van der Waals surface area contributed by atoms with E-state index >= 15 is 0 Å². The SMILES string of the molecule is Cc1cccc(S(=O)(=O)NC[C@H](C)O)c1. The summed E-state index contributed by atoms with van der Waals surface area (Å²) in [6, 6.07) is 6.63. The Kier molecular flexibility index (Phi) is 3.84. The molecule has 15 heavy (non-hydrogen) atoms. The molecular formula is C10H15NO3S. The summed E-state index contributed by atoms with van der Waals surface area (Å²) in [5.41, 5.74) is 0.884. The third-order valence-corrected chi connectivity index (χ3v) is 3.29. The quantitative estimate of drug-likeness (QED) is 0.797. The van der Waals surface area contributed by atoms with Crippen molar-refractivity contribution in [3.63, 3.8) is 0 Å². The Labute approximate surface area is 90.0 Å². The fraction of sp³-hybridized carbons (Fsp3) is 0.400. The number of benzene rings is 1. The molecule has 0 saturated heterocycles. The van der Waals surface area contributed by atoms with E-state index in [1.165, 1.54) is 13.0 Å². The third kappa shape index (κ3) is 3.62. The first-order valence-corrected chi connectivity index (χ1v) is 6.14. The lowest BCUT2D eigenvalue weighted by Crippen LogP contribution is -2.30. The fourth-order valence-corrected chi connectivity index (χ4v) is 2.32. The van der Waals surface area contributed by atoms with Crippen LogP contribution in [0.15, 0.2) is 29.2 Å². The molecular weight excluding hydrogens is 214 g/mol. The van der Waals surface area contributed by atoms with Crippen LogP contribution in [-0.2, 0) is 10.0 Å². The first-order valence-electron chi connectivity index (χ1n) is 4.66. The van der Waals surface area contributed by atoms with Crippen molar-refractivity contribution in [3.05, 3.63) is 29.8 Å². The Morgan fingerprint density at radius 1 is 1.47 bits per heavy atom. The zero-order valence-corrected chi connectivity index (χ0v) is 9.58. The van der Waals surface area contributed by atoms with E-state index in [0.29, 0.717) is 0 Å². The number of rotatable bonds is 4. The van der Waals surface area contributed by atoms with Gasteiger partial charge in [-0.3, -0.25) is 0 Å². The summed E-state index contributed by atoms with van der Waals surface area (Å²) in [7, 11) is -3.49. The predicted octanol–water partition coefficient (Wildman–Crippen LogP) is 0.654. The average Bonchev–Trinajstić information content (AvgIpc) is 2.15. The van der Waals surface area contributed by atoms with Gasteiger partial charge in [0.05, 0.1) is 11.0 Å². The molecule has 4 nitrogen and oxygen atoms in total. The molecule has 1 aromatic rings. The lowest BCUT2D eigenvalue weighted by atomic mass is 10.2. The summed E-state index contributed by atoms with van der Waals surface area (Å²) in [5.74, 6) is 0. The van der Waals surface area contributed by atoms with Gasteiger partial charge < -0.3 is 5.11 Å². The van der Waals surface area contributed by atoms with Crippen LogP contribution >= 0.6 is 0 Å². The molecule has 1 rings (SSSR count). The highest BCUT2D eigenvalue weighted by Crippen LogP contribution is 2.10. The molecule has 0 bridgehead atoms. The van der Waals surface area contributed by atoms with Crippen LogP contribution in [-0.4, -0.2) is 26.2 Å². The van der Waals surface area contributed by atoms with Crippen molar-refractivity contribution in [2.24, 2.45) is 0 Å². The van der Waals surface area contributed by atoms with Crippen LogP contribution in [0.3, 0.4) is 0 Å². The molecule has 1 atom stereocenters. The molecule has 0 aromatic heterocycles. The van der Waals surface area contributed by atoms with Crippen LogP contribution < -0.4 is 4.72 Å². The van der Waals surface area contributed by atoms with Crippen LogP contribution in [0.1, 0.15) is 12.5 Å². The summed E-state index contributed by atoms with van der Waals surface area (Å²) in [5, 5.41) is 8.99. The molecule has 0 saturated carbocycles. The van der Waals surface area contributed by atoms with Crippen LogP contribution in [0.2, 0.25) is 0 Å². The minimum absolute atomic E-state index is 0.0241. The van der Waals surface area contributed by atoms with Crippen molar-refractivity contribution in [1.29, 1.82) is 0 Å². The van der Waals surface area contributed by atoms with Gasteiger partial charge in [-0.25, -0.2) is 13.1 Å². The molecule has 0 unspecified atom stereocenters. The van der Waals surface area contributed by atoms with Crippen molar-refractivity contribution in [1.82, 2.24) is 4.72 Å². The summed E-state index contributed by atoms with van der Waals surface area (Å²) < 4.78 is 25.7. The maximum absolute atomic E-state index is 11.7. The van der Waals surface area contributed by atoms with E-state index in [2.05, 4.69) is 4.72 Å². The zero-order valence-electron chi connectivity index (χ0n) is 8.77. The molecule has 0 aliphatic heterocycles. The van der Waals surface area contributed by atoms with Gasteiger partial charge in [-0.05, 0) is 31.5 Å². The minimum Gasteiger partial charge on any atom is -0.392 e. The largest absolute Gasteiger partial charge is 0.392 e. The normalized spacial score (nSPS) is 13.8. The first kappa shape index (κ1) is 12.2. The van der Waals surface area contributed by atoms with Gasteiger partial charge in [0.25, 0.3) is 0 Å². The Morgan fingerprint density at radius 3 is 2.67 bits per heavy atom. The smallest absolute Gasteiger partial charge is 0.240 e. The topological polar surface area (TPSA) is 66.4 Å². The van der Waals surface area contributed by atoms with Crippen molar-refractivity contribution in [3.8, 4) is 0 Å². The second-order valence-electron chi connectivity index (χ2n) is 3.52. The number of nitrogens with one attached hydrogen (secondary N) is 1. The Balaban J connectivity index is 2.87. The predicted molar refractivity (Wildman–Crippen MR) is 58.0 cm³/mol. The summed E-state index contributed by atoms with van der Waals surface area (Å²) in [6.45, 7) is 3.38. The number of aryl methyl sites for hydroxylation is 1. The molecule has 0 aliphatic carbocycles. The Morgan fingerprint density at radius 2 is 2.13 bits per heavy atom. The van der Waals surface area contributed by atoms with E-state index in [1.54, 1.807) is 12.1 Å². The molecule has 1 aromatic carbocycles. The van der Waals surface area contributed by atoms with Gasteiger partial charge in [0.2, 0.25) is 10.0 Å². The summed E-state index contributed by atoms with van der Waals surface area (Å²) >= 11 is 0. The van der Waals surface area contributed by atoms with Crippen LogP contribution in [0.25, 0.3) is 0 Å². The van der Waals surface area contributed by atoms with Crippen molar-refractivity contribution >= 4 is 10.0 Å². The van der Waals surface area contributed by atoms with E-state index in [1.807, 2.05) is 13.0 Å². The molecule has 0 fully saturated rings. The molecule has 0 heterocycles. The number of aliphatic hydroxyl groups is 1. The lowest BCUT2D eigenvalue weighted by molar-refractivity contribution is 0.198. The van der Waals surface area contributed by atoms with Gasteiger partial charge in [0, 0.05) is 6.54 Å². The fourth-order valence-electron chi connectivity index (χ4n) is 1.10. The van der Waals surface area contributed by atoms with E-state index < -0.39 is 16.1 Å². The Hall–Kier alpha value is -0.910. The Bertz CT molecular complexity index is 426. The minimum atomic E-state index is -3.49. The van der Waals surface area contributed by atoms with Gasteiger partial charge in [-0.1, -0.05) is 12.1 Å². The molecule has 0 radical (unpaired) electrons. The van der Waals surface area contributed by atoms with E-state index in [4.69, 9.17) is 5.11 Å². The molecule has 0 amide bonds. The van der Waals surface area contributed by atoms with E-state index in [-0.39, 0.29) is 11.4 Å². The van der Waals surface area contributed by atoms with Gasteiger partial charge in [-0.15, -0.1) is 0 Å². The highest BCUT2D eigenvalue weighted by atomic mass is 32.2. The van der Waals surface area contributed by atoms with Gasteiger partial charge in [0.1, 0.15) is 0 Å². The monoisotopic (exact) mass is 229 g/mol. The van der Waals surface area contributed by atoms with Gasteiger partial charge >= 0.3 is 0 Å². The van der Waals surface area contributed by atoms with E-state index in [0.717, 1.165) is 5.56 Å². The number of aliphatic hydroxyl groups excluding tert-OH is 1. The average molecular weight is 229 g/mol. The molecule has 0 aliphatic rings. The van der Waals surface area contributed by atoms with E-state index in [9.17, 15) is 8.42 Å². The van der Waals surface area contributed by atoms with Crippen molar-refractivity contribution < 1.29 is 13.5 Å². The number of sulfonamides is 1. The van der Waals surface area contributed by atoms with Crippen LogP contribution in [0.5, 0.6) is 0 Å². The second-order valence-corrected chi connectivity index (χ2v) is 5.28. The number of hydrogen-bond donors (Lipinski definition) is 2. The van der Waals surface area contributed by atoms with Crippen molar-refractivity contribution in [2.75, 3.05) is 6.54 Å². The standard InChI is InChI=1S/C10H15NO3S/c1-8-4-3-5-10(6-8)15(13,14)11-7-9(2)12/h3-6,9,11-12H,7H2,1-2H3/t9-/m0/s1. The zero-order chi connectivity index (χ0) is 11.5. The van der Waals surface area contributed by atoms with Crippen LogP contribution in [0, 0.1) is 6.92 Å². The number of hydrogen-bond acceptors (Lipinski definition) is 3. The van der Waals surface area contributed by atoms with Gasteiger partial charge in [-0.2, -0.15) is 0 Å². The highest BCUT2D eigenvalue weighted by molar-refractivity contribution is 7.89. The lowest BCUT2D eigenvalue weighted by Gasteiger charge is -2.08. The maximum atomic E-state index is 11.7. The molecule has 84 valence electrons.